The summed E-state index contributed by atoms with van der Waals surface area (Å²) in [5.41, 5.74) is 0.668. The van der Waals surface area contributed by atoms with Crippen LogP contribution >= 0.6 is 15.9 Å². The number of aromatic nitrogens is 1. The van der Waals surface area contributed by atoms with Crippen LogP contribution in [-0.4, -0.2) is 22.3 Å². The van der Waals surface area contributed by atoms with Crippen molar-refractivity contribution in [2.45, 2.75) is 31.5 Å². The molecule has 0 fully saturated rings. The second-order valence-corrected chi connectivity index (χ2v) is 5.24. The number of H-pyrrole nitrogens is 1. The van der Waals surface area contributed by atoms with E-state index in [-0.39, 0.29) is 16.9 Å². The van der Waals surface area contributed by atoms with E-state index in [1.165, 1.54) is 12.3 Å². The normalized spacial score (nSPS) is 12.2. The Labute approximate surface area is 109 Å². The maximum absolute atomic E-state index is 11.7. The molecule has 0 saturated carbocycles. The van der Waals surface area contributed by atoms with Gasteiger partial charge in [-0.05, 0) is 19.8 Å². The number of carbonyl (C=O) groups excluding carboxylic acids is 1. The molecule has 0 saturated heterocycles. The molecule has 0 aliphatic rings. The zero-order valence-corrected chi connectivity index (χ0v) is 11.6. The molecule has 0 aliphatic carbocycles. The van der Waals surface area contributed by atoms with Crippen molar-refractivity contribution in [1.29, 1.82) is 0 Å². The van der Waals surface area contributed by atoms with Gasteiger partial charge < -0.3 is 10.3 Å². The third-order valence-corrected chi connectivity index (χ3v) is 3.59. The average Bonchev–Trinajstić information content (AvgIpc) is 2.28. The third kappa shape index (κ3) is 4.34. The fourth-order valence-electron chi connectivity index (χ4n) is 1.39. The predicted octanol–water partition coefficient (Wildman–Crippen LogP) is 1.98. The number of carbonyl (C=O) groups is 1. The number of hydrogen-bond donors (Lipinski definition) is 2. The van der Waals surface area contributed by atoms with Crippen LogP contribution in [0.25, 0.3) is 0 Å². The fraction of sp³-hybridized carbons (Fsp3) is 0.500. The van der Waals surface area contributed by atoms with Crippen molar-refractivity contribution in [3.8, 4) is 0 Å². The van der Waals surface area contributed by atoms with Crippen LogP contribution in [-0.2, 0) is 0 Å². The summed E-state index contributed by atoms with van der Waals surface area (Å²) < 4.78 is 0. The highest BCUT2D eigenvalue weighted by atomic mass is 79.9. The third-order valence-electron chi connectivity index (χ3n) is 2.49. The zero-order valence-electron chi connectivity index (χ0n) is 10.0. The number of aryl methyl sites for hydroxylation is 1. The molecule has 0 aliphatic heterocycles. The number of hydrogen-bond acceptors (Lipinski definition) is 2. The fourth-order valence-corrected chi connectivity index (χ4v) is 1.62. The van der Waals surface area contributed by atoms with Gasteiger partial charge in [0.05, 0.1) is 0 Å². The molecule has 5 heteroatoms. The molecule has 1 rings (SSSR count). The Morgan fingerprint density at radius 1 is 1.59 bits per heavy atom. The summed E-state index contributed by atoms with van der Waals surface area (Å²) in [6, 6.07) is 1.42. The molecule has 0 spiro atoms. The van der Waals surface area contributed by atoms with E-state index in [0.717, 1.165) is 18.5 Å². The minimum absolute atomic E-state index is 0.165. The predicted molar refractivity (Wildman–Crippen MR) is 71.8 cm³/mol. The molecular weight excluding hydrogens is 284 g/mol. The largest absolute Gasteiger partial charge is 0.364 e. The van der Waals surface area contributed by atoms with Gasteiger partial charge in [-0.1, -0.05) is 22.9 Å². The average molecular weight is 301 g/mol. The molecule has 0 bridgehead atoms. The van der Waals surface area contributed by atoms with E-state index in [4.69, 9.17) is 0 Å². The minimum Gasteiger partial charge on any atom is -0.364 e. The Bertz CT molecular complexity index is 442. The zero-order chi connectivity index (χ0) is 12.8. The maximum Gasteiger partial charge on any atom is 0.256 e. The van der Waals surface area contributed by atoms with E-state index in [9.17, 15) is 9.59 Å². The highest BCUT2D eigenvalue weighted by molar-refractivity contribution is 9.09. The van der Waals surface area contributed by atoms with E-state index < -0.39 is 0 Å². The quantitative estimate of drug-likeness (QED) is 0.817. The number of amides is 1. The molecule has 0 aromatic carbocycles. The minimum atomic E-state index is -0.318. The van der Waals surface area contributed by atoms with Gasteiger partial charge in [0.25, 0.3) is 5.91 Å². The van der Waals surface area contributed by atoms with Crippen molar-refractivity contribution in [1.82, 2.24) is 10.3 Å². The van der Waals surface area contributed by atoms with E-state index >= 15 is 0 Å². The summed E-state index contributed by atoms with van der Waals surface area (Å²) in [6.07, 6.45) is 3.32. The lowest BCUT2D eigenvalue weighted by molar-refractivity contribution is 0.0952. The highest BCUT2D eigenvalue weighted by Crippen LogP contribution is 2.07. The summed E-state index contributed by atoms with van der Waals surface area (Å²) in [7, 11) is 0. The van der Waals surface area contributed by atoms with Crippen LogP contribution < -0.4 is 10.7 Å². The molecule has 4 nitrogen and oxygen atoms in total. The van der Waals surface area contributed by atoms with E-state index in [2.05, 4.69) is 33.2 Å². The second-order valence-electron chi connectivity index (χ2n) is 3.94. The molecular formula is C12H17BrN2O2. The van der Waals surface area contributed by atoms with Crippen LogP contribution in [0.3, 0.4) is 0 Å². The van der Waals surface area contributed by atoms with Gasteiger partial charge in [0.1, 0.15) is 5.56 Å². The van der Waals surface area contributed by atoms with Crippen molar-refractivity contribution < 1.29 is 4.79 Å². The molecule has 1 heterocycles. The summed E-state index contributed by atoms with van der Waals surface area (Å²) >= 11 is 3.49. The monoisotopic (exact) mass is 300 g/mol. The SMILES string of the molecule is CCC(Br)CCNC(=O)c1c[nH]c(C)cc1=O. The van der Waals surface area contributed by atoms with Gasteiger partial charge in [0.15, 0.2) is 5.43 Å². The molecule has 1 atom stereocenters. The number of halogens is 1. The molecule has 17 heavy (non-hydrogen) atoms. The Balaban J connectivity index is 2.56. The van der Waals surface area contributed by atoms with Gasteiger partial charge >= 0.3 is 0 Å². The van der Waals surface area contributed by atoms with E-state index in [1.807, 2.05) is 0 Å². The first-order valence-electron chi connectivity index (χ1n) is 5.66. The van der Waals surface area contributed by atoms with Crippen LogP contribution in [0.15, 0.2) is 17.1 Å². The maximum atomic E-state index is 11.7. The molecule has 94 valence electrons. The topological polar surface area (TPSA) is 62.0 Å². The Morgan fingerprint density at radius 2 is 2.29 bits per heavy atom. The van der Waals surface area contributed by atoms with Gasteiger partial charge in [-0.15, -0.1) is 0 Å². The summed E-state index contributed by atoms with van der Waals surface area (Å²) in [6.45, 7) is 4.42. The lowest BCUT2D eigenvalue weighted by atomic mass is 10.2. The van der Waals surface area contributed by atoms with Crippen molar-refractivity contribution in [2.24, 2.45) is 0 Å². The first kappa shape index (κ1) is 14.0. The molecule has 1 aromatic rings. The smallest absolute Gasteiger partial charge is 0.256 e. The van der Waals surface area contributed by atoms with Gasteiger partial charge in [-0.2, -0.15) is 0 Å². The molecule has 1 unspecified atom stereocenters. The van der Waals surface area contributed by atoms with Crippen molar-refractivity contribution in [3.05, 3.63) is 33.7 Å². The van der Waals surface area contributed by atoms with Gasteiger partial charge in [0.2, 0.25) is 0 Å². The first-order chi connectivity index (χ1) is 8.04. The highest BCUT2D eigenvalue weighted by Gasteiger charge is 2.10. The van der Waals surface area contributed by atoms with Crippen LogP contribution in [0, 0.1) is 6.92 Å². The number of rotatable bonds is 5. The number of aromatic amines is 1. The summed E-state index contributed by atoms with van der Waals surface area (Å²) in [5.74, 6) is -0.318. The molecule has 0 radical (unpaired) electrons. The first-order valence-corrected chi connectivity index (χ1v) is 6.57. The standard InChI is InChI=1S/C12H17BrN2O2/c1-3-9(13)4-5-14-12(17)10-7-15-8(2)6-11(10)16/h6-7,9H,3-5H2,1-2H3,(H,14,17)(H,15,16). The van der Waals surface area contributed by atoms with Crippen molar-refractivity contribution >= 4 is 21.8 Å². The Kier molecular flexibility index (Phi) is 5.41. The summed E-state index contributed by atoms with van der Waals surface area (Å²) in [5, 5.41) is 2.74. The number of nitrogens with one attached hydrogen (secondary N) is 2. The van der Waals surface area contributed by atoms with Gasteiger partial charge in [-0.3, -0.25) is 9.59 Å². The second kappa shape index (κ2) is 6.59. The lowest BCUT2D eigenvalue weighted by Crippen LogP contribution is -2.30. The molecule has 2 N–H and O–H groups in total. The number of pyridine rings is 1. The van der Waals surface area contributed by atoms with Crippen molar-refractivity contribution in [3.63, 3.8) is 0 Å². The van der Waals surface area contributed by atoms with E-state index in [0.29, 0.717) is 11.4 Å². The van der Waals surface area contributed by atoms with Crippen molar-refractivity contribution in [2.75, 3.05) is 6.54 Å². The van der Waals surface area contributed by atoms with Crippen LogP contribution in [0.1, 0.15) is 35.8 Å². The van der Waals surface area contributed by atoms with Gasteiger partial charge in [0, 0.05) is 29.3 Å². The van der Waals surface area contributed by atoms with Crippen LogP contribution in [0.4, 0.5) is 0 Å². The molecule has 1 amide bonds. The van der Waals surface area contributed by atoms with Crippen LogP contribution in [0.2, 0.25) is 0 Å². The molecule has 1 aromatic heterocycles. The Morgan fingerprint density at radius 3 is 2.88 bits per heavy atom. The lowest BCUT2D eigenvalue weighted by Gasteiger charge is -2.08. The van der Waals surface area contributed by atoms with Gasteiger partial charge in [-0.25, -0.2) is 0 Å². The van der Waals surface area contributed by atoms with E-state index in [1.54, 1.807) is 6.92 Å². The van der Waals surface area contributed by atoms with Crippen LogP contribution in [0.5, 0.6) is 0 Å². The summed E-state index contributed by atoms with van der Waals surface area (Å²) in [4.78, 5) is 26.5. The Hall–Kier alpha value is -1.10. The number of alkyl halides is 1.